The van der Waals surface area contributed by atoms with Gasteiger partial charge in [-0.25, -0.2) is 0 Å². The summed E-state index contributed by atoms with van der Waals surface area (Å²) < 4.78 is 10.1. The molecule has 0 bridgehead atoms. The number of rotatable bonds is 4. The van der Waals surface area contributed by atoms with Crippen LogP contribution >= 0.6 is 0 Å². The summed E-state index contributed by atoms with van der Waals surface area (Å²) in [6.07, 6.45) is 0. The van der Waals surface area contributed by atoms with Crippen molar-refractivity contribution >= 4 is 15.9 Å². The molecule has 8 heavy (non-hydrogen) atoms. The van der Waals surface area contributed by atoms with Crippen molar-refractivity contribution in [3.05, 3.63) is 0 Å². The minimum absolute atomic E-state index is 0. The maximum Gasteiger partial charge on any atom is 1.00 e. The van der Waals surface area contributed by atoms with Crippen LogP contribution in [-0.4, -0.2) is 29.1 Å². The van der Waals surface area contributed by atoms with Crippen molar-refractivity contribution in [2.24, 2.45) is 0 Å². The van der Waals surface area contributed by atoms with Crippen molar-refractivity contribution in [3.8, 4) is 0 Å². The fourth-order valence-corrected chi connectivity index (χ4v) is 0.957. The van der Waals surface area contributed by atoms with Crippen molar-refractivity contribution < 1.29 is 26.4 Å². The first-order valence-corrected chi connectivity index (χ1v) is 4.44. The molecule has 0 N–H and O–H groups in total. The molecular formula is C4H12AlLiO2. The summed E-state index contributed by atoms with van der Waals surface area (Å²) in [4.78, 5) is 0. The van der Waals surface area contributed by atoms with Crippen LogP contribution in [0, 0.1) is 0 Å². The minimum Gasteiger partial charge on any atom is -0.642 e. The summed E-state index contributed by atoms with van der Waals surface area (Å²) in [6.45, 7) is 5.63. The van der Waals surface area contributed by atoms with Gasteiger partial charge in [-0.15, -0.1) is 0 Å². The van der Waals surface area contributed by atoms with Gasteiger partial charge in [0.05, 0.1) is 0 Å². The van der Waals surface area contributed by atoms with Crippen LogP contribution < -0.4 is 18.9 Å². The van der Waals surface area contributed by atoms with E-state index in [1.165, 1.54) is 0 Å². The van der Waals surface area contributed by atoms with Crippen molar-refractivity contribution in [1.29, 1.82) is 0 Å². The summed E-state index contributed by atoms with van der Waals surface area (Å²) in [7, 11) is 0. The second-order valence-corrected chi connectivity index (χ2v) is 2.81. The van der Waals surface area contributed by atoms with Crippen molar-refractivity contribution in [2.75, 3.05) is 13.2 Å². The van der Waals surface area contributed by atoms with E-state index < -0.39 is 15.9 Å². The molecule has 0 rings (SSSR count). The Balaban J connectivity index is 0. The maximum atomic E-state index is 5.05. The predicted molar refractivity (Wildman–Crippen MR) is 31.8 cm³/mol. The molecule has 0 heterocycles. The van der Waals surface area contributed by atoms with Gasteiger partial charge in [-0.05, 0) is 27.1 Å². The third kappa shape index (κ3) is 10.1. The molecule has 44 valence electrons. The van der Waals surface area contributed by atoms with E-state index in [1.807, 2.05) is 13.8 Å². The topological polar surface area (TPSA) is 18.5 Å². The van der Waals surface area contributed by atoms with Crippen molar-refractivity contribution in [2.45, 2.75) is 13.8 Å². The van der Waals surface area contributed by atoms with Crippen LogP contribution in [0.25, 0.3) is 0 Å². The molecule has 0 spiro atoms. The second kappa shape index (κ2) is 10.9. The van der Waals surface area contributed by atoms with Gasteiger partial charge in [-0.2, -0.15) is 0 Å². The summed E-state index contributed by atoms with van der Waals surface area (Å²) in [5, 5.41) is 0. The molecule has 4 heteroatoms. The van der Waals surface area contributed by atoms with Crippen LogP contribution in [0.1, 0.15) is 13.8 Å². The molecule has 0 radical (unpaired) electrons. The van der Waals surface area contributed by atoms with Crippen LogP contribution in [-0.2, 0) is 7.58 Å². The average molecular weight is 126 g/mol. The Hall–Kier alpha value is 1.05. The molecule has 0 fully saturated rings. The van der Waals surface area contributed by atoms with E-state index in [4.69, 9.17) is 7.58 Å². The van der Waals surface area contributed by atoms with Crippen LogP contribution in [0.3, 0.4) is 0 Å². The van der Waals surface area contributed by atoms with E-state index in [9.17, 15) is 0 Å². The van der Waals surface area contributed by atoms with E-state index in [1.54, 1.807) is 0 Å². The van der Waals surface area contributed by atoms with Gasteiger partial charge < -0.3 is 7.58 Å². The molecule has 0 aromatic heterocycles. The zero-order chi connectivity index (χ0) is 5.54. The van der Waals surface area contributed by atoms with E-state index in [0.29, 0.717) is 0 Å². The summed E-state index contributed by atoms with van der Waals surface area (Å²) >= 11 is -0.999. The molecule has 0 atom stereocenters. The average Bonchev–Trinajstić information content (AvgIpc) is 1.69. The van der Waals surface area contributed by atoms with Gasteiger partial charge in [-0.1, -0.05) is 0 Å². The SMILES string of the molecule is CC[O][AlH2-][O]CC.[Li+]. The Morgan fingerprint density at radius 1 is 1.12 bits per heavy atom. The predicted octanol–water partition coefficient (Wildman–Crippen LogP) is -2.94. The van der Waals surface area contributed by atoms with Gasteiger partial charge in [0.25, 0.3) is 0 Å². The Morgan fingerprint density at radius 2 is 1.50 bits per heavy atom. The smallest absolute Gasteiger partial charge is 0.642 e. The molecule has 2 nitrogen and oxygen atoms in total. The maximum absolute atomic E-state index is 5.05. The standard InChI is InChI=1S/2C2H5O.Al.Li.2H/c2*1-2-3;;;;/h2*2H2,1H3;;;;/q2*-1;2*+1;;. The van der Waals surface area contributed by atoms with Gasteiger partial charge in [-0.3, -0.25) is 0 Å². The van der Waals surface area contributed by atoms with Crippen LogP contribution in [0.4, 0.5) is 0 Å². The zero-order valence-corrected chi connectivity index (χ0v) is 8.23. The Labute approximate surface area is 69.5 Å². The van der Waals surface area contributed by atoms with Crippen molar-refractivity contribution in [1.82, 2.24) is 0 Å². The third-order valence-corrected chi connectivity index (χ3v) is 2.44. The fraction of sp³-hybridized carbons (Fsp3) is 1.00. The first-order chi connectivity index (χ1) is 3.41. The first-order valence-electron chi connectivity index (χ1n) is 2.81. The first kappa shape index (κ1) is 11.8. The fourth-order valence-electron chi connectivity index (χ4n) is 0.319. The van der Waals surface area contributed by atoms with Crippen LogP contribution in [0.5, 0.6) is 0 Å². The third-order valence-electron chi connectivity index (χ3n) is 0.813. The van der Waals surface area contributed by atoms with E-state index in [-0.39, 0.29) is 18.9 Å². The molecular weight excluding hydrogens is 114 g/mol. The van der Waals surface area contributed by atoms with Gasteiger partial charge >= 0.3 is 34.7 Å². The quantitative estimate of drug-likeness (QED) is 0.296. The molecule has 0 aliphatic heterocycles. The molecule has 0 aromatic carbocycles. The molecule has 0 saturated heterocycles. The van der Waals surface area contributed by atoms with Gasteiger partial charge in [0.1, 0.15) is 0 Å². The van der Waals surface area contributed by atoms with Crippen LogP contribution in [0.15, 0.2) is 0 Å². The molecule has 0 amide bonds. The monoisotopic (exact) mass is 126 g/mol. The van der Waals surface area contributed by atoms with E-state index >= 15 is 0 Å². The molecule has 0 aromatic rings. The second-order valence-electron chi connectivity index (χ2n) is 1.32. The molecule has 0 saturated carbocycles. The minimum atomic E-state index is -0.999. The Bertz CT molecular complexity index is 33.2. The van der Waals surface area contributed by atoms with Crippen LogP contribution in [0.2, 0.25) is 0 Å². The van der Waals surface area contributed by atoms with Gasteiger partial charge in [0.2, 0.25) is 0 Å². The number of hydrogen-bond acceptors (Lipinski definition) is 2. The summed E-state index contributed by atoms with van der Waals surface area (Å²) in [5.41, 5.74) is 0. The zero-order valence-electron chi connectivity index (χ0n) is 6.23. The largest absolute Gasteiger partial charge is 1.00 e. The summed E-state index contributed by atoms with van der Waals surface area (Å²) in [6, 6.07) is 0. The summed E-state index contributed by atoms with van der Waals surface area (Å²) in [5.74, 6) is 0. The Morgan fingerprint density at radius 3 is 1.75 bits per heavy atom. The van der Waals surface area contributed by atoms with Crippen molar-refractivity contribution in [3.63, 3.8) is 0 Å². The molecule has 0 aliphatic carbocycles. The van der Waals surface area contributed by atoms with Gasteiger partial charge in [0, 0.05) is 0 Å². The van der Waals surface area contributed by atoms with E-state index in [2.05, 4.69) is 0 Å². The van der Waals surface area contributed by atoms with E-state index in [0.717, 1.165) is 13.2 Å². The Kier molecular flexibility index (Phi) is 16.1. The molecule has 0 aliphatic rings. The van der Waals surface area contributed by atoms with Gasteiger partial charge in [0.15, 0.2) is 0 Å². The normalized spacial score (nSPS) is 8.25. The molecule has 0 unspecified atom stereocenters. The number of hydrogen-bond donors (Lipinski definition) is 0.